The topological polar surface area (TPSA) is 60.6 Å². The smallest absolute Gasteiger partial charge is 0.258 e. The van der Waals surface area contributed by atoms with Crippen LogP contribution in [0.5, 0.6) is 11.5 Å². The molecule has 3 aromatic rings. The van der Waals surface area contributed by atoms with Crippen LogP contribution in [-0.2, 0) is 6.42 Å². The Hall–Kier alpha value is -2.57. The molecule has 1 fully saturated rings. The number of halogens is 1. The van der Waals surface area contributed by atoms with Gasteiger partial charge in [0.2, 0.25) is 6.79 Å². The predicted molar refractivity (Wildman–Crippen MR) is 109 cm³/mol. The number of hydrogen-bond donors (Lipinski definition) is 0. The summed E-state index contributed by atoms with van der Waals surface area (Å²) in [5.41, 5.74) is 2.16. The third-order valence-electron chi connectivity index (χ3n) is 5.77. The molecule has 0 N–H and O–H groups in total. The van der Waals surface area contributed by atoms with Crippen LogP contribution in [0.1, 0.15) is 23.7 Å². The van der Waals surface area contributed by atoms with Crippen LogP contribution in [0.3, 0.4) is 0 Å². The lowest BCUT2D eigenvalue weighted by molar-refractivity contribution is 0.174. The van der Waals surface area contributed by atoms with Crippen molar-refractivity contribution < 1.29 is 14.0 Å². The zero-order chi connectivity index (χ0) is 19.8. The van der Waals surface area contributed by atoms with Crippen molar-refractivity contribution in [3.05, 3.63) is 58.9 Å². The van der Waals surface area contributed by atoms with Crippen LogP contribution in [0.2, 0.25) is 5.02 Å². The quantitative estimate of drug-likeness (QED) is 0.634. The number of fused-ring (bicyclic) bond motifs is 1. The van der Waals surface area contributed by atoms with Gasteiger partial charge in [-0.2, -0.15) is 4.98 Å². The average molecular weight is 412 g/mol. The van der Waals surface area contributed by atoms with Crippen LogP contribution in [0.15, 0.2) is 47.0 Å². The highest BCUT2D eigenvalue weighted by atomic mass is 35.5. The number of nitrogens with zero attached hydrogens (tertiary/aromatic N) is 3. The third kappa shape index (κ3) is 3.82. The normalized spacial score (nSPS) is 21.4. The molecule has 3 heterocycles. The number of piperidine rings is 1. The van der Waals surface area contributed by atoms with Crippen molar-refractivity contribution in [3.63, 3.8) is 0 Å². The van der Waals surface area contributed by atoms with Crippen molar-refractivity contribution in [2.75, 3.05) is 26.9 Å². The molecular weight excluding hydrogens is 390 g/mol. The summed E-state index contributed by atoms with van der Waals surface area (Å²) in [5.74, 6) is 3.55. The summed E-state index contributed by atoms with van der Waals surface area (Å²) in [7, 11) is 2.17. The van der Waals surface area contributed by atoms with Crippen LogP contribution in [0.25, 0.3) is 11.5 Å². The standard InChI is InChI=1S/C22H22ClN3O3/c1-26-9-8-18(14-2-5-17(23)6-3-14)16(12-26)11-21-24-22(29-25-21)15-4-7-19-20(10-15)28-13-27-19/h2-7,10,16,18H,8-9,11-13H2,1H3/t16-,18+/m0/s1. The largest absolute Gasteiger partial charge is 0.454 e. The van der Waals surface area contributed by atoms with Gasteiger partial charge in [0.1, 0.15) is 0 Å². The first-order chi connectivity index (χ1) is 14.2. The molecule has 150 valence electrons. The Morgan fingerprint density at radius 3 is 2.79 bits per heavy atom. The first kappa shape index (κ1) is 18.5. The van der Waals surface area contributed by atoms with E-state index in [2.05, 4.69) is 34.2 Å². The summed E-state index contributed by atoms with van der Waals surface area (Å²) in [6.07, 6.45) is 1.88. The van der Waals surface area contributed by atoms with Gasteiger partial charge in [0.15, 0.2) is 17.3 Å². The molecule has 0 amide bonds. The lowest BCUT2D eigenvalue weighted by Crippen LogP contribution is -2.38. The second-order valence-corrected chi connectivity index (χ2v) is 8.19. The van der Waals surface area contributed by atoms with Crippen molar-refractivity contribution in [2.45, 2.75) is 18.8 Å². The fraction of sp³-hybridized carbons (Fsp3) is 0.364. The van der Waals surface area contributed by atoms with E-state index in [0.29, 0.717) is 23.5 Å². The van der Waals surface area contributed by atoms with Crippen LogP contribution < -0.4 is 9.47 Å². The lowest BCUT2D eigenvalue weighted by Gasteiger charge is -2.36. The van der Waals surface area contributed by atoms with E-state index in [4.69, 9.17) is 25.6 Å². The van der Waals surface area contributed by atoms with Gasteiger partial charge in [0.25, 0.3) is 5.89 Å². The number of aromatic nitrogens is 2. The number of rotatable bonds is 4. The molecule has 0 unspecified atom stereocenters. The second kappa shape index (κ2) is 7.69. The highest BCUT2D eigenvalue weighted by Crippen LogP contribution is 2.37. The number of ether oxygens (including phenoxy) is 2. The minimum absolute atomic E-state index is 0.245. The van der Waals surface area contributed by atoms with Gasteiger partial charge in [0, 0.05) is 23.6 Å². The van der Waals surface area contributed by atoms with E-state index in [-0.39, 0.29) is 6.79 Å². The summed E-state index contributed by atoms with van der Waals surface area (Å²) >= 11 is 6.08. The van der Waals surface area contributed by atoms with Gasteiger partial charge in [-0.1, -0.05) is 28.9 Å². The predicted octanol–water partition coefficient (Wildman–Crippen LogP) is 4.40. The summed E-state index contributed by atoms with van der Waals surface area (Å²) < 4.78 is 16.4. The monoisotopic (exact) mass is 411 g/mol. The second-order valence-electron chi connectivity index (χ2n) is 7.76. The molecule has 0 aliphatic carbocycles. The maximum absolute atomic E-state index is 6.08. The SMILES string of the molecule is CN1CC[C@H](c2ccc(Cl)cc2)[C@@H](Cc2noc(-c3ccc4c(c3)OCO4)n2)C1. The molecule has 29 heavy (non-hydrogen) atoms. The van der Waals surface area contributed by atoms with E-state index >= 15 is 0 Å². The van der Waals surface area contributed by atoms with Gasteiger partial charge in [-0.15, -0.1) is 0 Å². The molecule has 7 heteroatoms. The first-order valence-electron chi connectivity index (χ1n) is 9.82. The number of benzene rings is 2. The van der Waals surface area contributed by atoms with Gasteiger partial charge in [-0.3, -0.25) is 0 Å². The van der Waals surface area contributed by atoms with Crippen molar-refractivity contribution in [3.8, 4) is 23.0 Å². The van der Waals surface area contributed by atoms with E-state index in [1.54, 1.807) is 0 Å². The average Bonchev–Trinajstić information content (AvgIpc) is 3.38. The van der Waals surface area contributed by atoms with Crippen molar-refractivity contribution in [1.82, 2.24) is 15.0 Å². The Morgan fingerprint density at radius 1 is 1.10 bits per heavy atom. The molecule has 2 aromatic carbocycles. The minimum Gasteiger partial charge on any atom is -0.454 e. The summed E-state index contributed by atoms with van der Waals surface area (Å²) in [4.78, 5) is 7.02. The fourth-order valence-electron chi connectivity index (χ4n) is 4.29. The van der Waals surface area contributed by atoms with Gasteiger partial charge >= 0.3 is 0 Å². The third-order valence-corrected chi connectivity index (χ3v) is 6.02. The molecule has 0 radical (unpaired) electrons. The Balaban J connectivity index is 1.36. The van der Waals surface area contributed by atoms with Crippen LogP contribution >= 0.6 is 11.6 Å². The first-order valence-corrected chi connectivity index (χ1v) is 10.2. The van der Waals surface area contributed by atoms with E-state index < -0.39 is 0 Å². The van der Waals surface area contributed by atoms with Crippen LogP contribution in [-0.4, -0.2) is 42.0 Å². The minimum atomic E-state index is 0.245. The van der Waals surface area contributed by atoms with Crippen molar-refractivity contribution in [2.24, 2.45) is 5.92 Å². The molecule has 2 aliphatic rings. The summed E-state index contributed by atoms with van der Waals surface area (Å²) in [6, 6.07) is 13.9. The summed E-state index contributed by atoms with van der Waals surface area (Å²) in [5, 5.41) is 5.02. The zero-order valence-electron chi connectivity index (χ0n) is 16.2. The Kier molecular flexibility index (Phi) is 4.89. The van der Waals surface area contributed by atoms with E-state index in [1.807, 2.05) is 30.3 Å². The highest BCUT2D eigenvalue weighted by Gasteiger charge is 2.30. The van der Waals surface area contributed by atoms with Gasteiger partial charge in [-0.05, 0) is 67.7 Å². The molecule has 0 bridgehead atoms. The van der Waals surface area contributed by atoms with E-state index in [0.717, 1.165) is 48.1 Å². The molecule has 1 saturated heterocycles. The van der Waals surface area contributed by atoms with E-state index in [1.165, 1.54) is 5.56 Å². The van der Waals surface area contributed by atoms with Gasteiger partial charge in [0.05, 0.1) is 0 Å². The Morgan fingerprint density at radius 2 is 1.93 bits per heavy atom. The maximum atomic E-state index is 6.08. The number of likely N-dealkylation sites (tertiary alicyclic amines) is 1. The van der Waals surface area contributed by atoms with Crippen LogP contribution in [0, 0.1) is 5.92 Å². The highest BCUT2D eigenvalue weighted by molar-refractivity contribution is 6.30. The molecule has 2 atom stereocenters. The van der Waals surface area contributed by atoms with Crippen molar-refractivity contribution >= 4 is 11.6 Å². The van der Waals surface area contributed by atoms with Crippen LogP contribution in [0.4, 0.5) is 0 Å². The lowest BCUT2D eigenvalue weighted by atomic mass is 9.79. The molecular formula is C22H22ClN3O3. The molecule has 2 aliphatic heterocycles. The van der Waals surface area contributed by atoms with E-state index in [9.17, 15) is 0 Å². The van der Waals surface area contributed by atoms with Gasteiger partial charge in [-0.25, -0.2) is 0 Å². The molecule has 0 spiro atoms. The Bertz CT molecular complexity index is 1000. The fourth-order valence-corrected chi connectivity index (χ4v) is 4.41. The van der Waals surface area contributed by atoms with Crippen molar-refractivity contribution in [1.29, 1.82) is 0 Å². The molecule has 6 nitrogen and oxygen atoms in total. The number of hydrogen-bond acceptors (Lipinski definition) is 6. The Labute approximate surface area is 174 Å². The molecule has 0 saturated carbocycles. The molecule has 5 rings (SSSR count). The van der Waals surface area contributed by atoms with Gasteiger partial charge < -0.3 is 18.9 Å². The maximum Gasteiger partial charge on any atom is 0.258 e. The zero-order valence-corrected chi connectivity index (χ0v) is 16.9. The summed E-state index contributed by atoms with van der Waals surface area (Å²) in [6.45, 7) is 2.33. The molecule has 1 aromatic heterocycles.